The first-order chi connectivity index (χ1) is 18.2. The molecule has 0 bridgehead atoms. The molecule has 3 aromatic carbocycles. The van der Waals surface area contributed by atoms with Crippen LogP contribution < -0.4 is 5.32 Å². The van der Waals surface area contributed by atoms with Gasteiger partial charge in [-0.3, -0.25) is 9.59 Å². The molecule has 0 radical (unpaired) electrons. The van der Waals surface area contributed by atoms with Crippen LogP contribution in [0.5, 0.6) is 0 Å². The van der Waals surface area contributed by atoms with Crippen molar-refractivity contribution in [2.45, 2.75) is 62.6 Å². The fourth-order valence-electron chi connectivity index (χ4n) is 4.84. The number of nitrogens with zero attached hydrogens (tertiary/aromatic N) is 2. The minimum atomic E-state index is -4.00. The Kier molecular flexibility index (Phi) is 8.79. The smallest absolute Gasteiger partial charge is 0.243 e. The predicted molar refractivity (Wildman–Crippen MR) is 145 cm³/mol. The molecule has 1 N–H and O–H groups in total. The number of sulfonamides is 1. The number of carbonyl (C=O) groups excluding carboxylic acids is 2. The first kappa shape index (κ1) is 27.7. The van der Waals surface area contributed by atoms with E-state index in [-0.39, 0.29) is 29.0 Å². The van der Waals surface area contributed by atoms with Crippen LogP contribution in [0, 0.1) is 5.82 Å². The summed E-state index contributed by atoms with van der Waals surface area (Å²) in [5.41, 5.74) is 0.248. The van der Waals surface area contributed by atoms with E-state index in [1.54, 1.807) is 37.3 Å². The van der Waals surface area contributed by atoms with Crippen LogP contribution in [0.15, 0.2) is 71.6 Å². The molecule has 0 aliphatic heterocycles. The molecule has 3 aromatic rings. The van der Waals surface area contributed by atoms with Crippen LogP contribution in [0.4, 0.5) is 4.39 Å². The Labute approximate surface area is 223 Å². The van der Waals surface area contributed by atoms with Gasteiger partial charge in [-0.25, -0.2) is 12.8 Å². The van der Waals surface area contributed by atoms with E-state index in [0.717, 1.165) is 47.2 Å². The van der Waals surface area contributed by atoms with Gasteiger partial charge in [0.15, 0.2) is 0 Å². The first-order valence-electron chi connectivity index (χ1n) is 12.9. The van der Waals surface area contributed by atoms with E-state index in [4.69, 9.17) is 0 Å². The van der Waals surface area contributed by atoms with E-state index < -0.39 is 34.3 Å². The lowest BCUT2D eigenvalue weighted by Gasteiger charge is -2.32. The summed E-state index contributed by atoms with van der Waals surface area (Å²) in [6.45, 7) is 0.939. The number of hydrogen-bond acceptors (Lipinski definition) is 4. The molecule has 4 rings (SSSR count). The number of nitrogens with one attached hydrogen (secondary N) is 1. The van der Waals surface area contributed by atoms with Crippen molar-refractivity contribution in [3.63, 3.8) is 0 Å². The molecule has 2 amide bonds. The summed E-state index contributed by atoms with van der Waals surface area (Å²) in [5, 5.41) is 4.69. The molecule has 7 nitrogen and oxygen atoms in total. The fraction of sp³-hybridized carbons (Fsp3) is 0.379. The number of benzene rings is 3. The molecule has 1 unspecified atom stereocenters. The van der Waals surface area contributed by atoms with E-state index >= 15 is 0 Å². The van der Waals surface area contributed by atoms with Gasteiger partial charge in [0.2, 0.25) is 21.8 Å². The molecule has 1 aliphatic carbocycles. The minimum absolute atomic E-state index is 0.0417. The number of carbonyl (C=O) groups is 2. The van der Waals surface area contributed by atoms with Crippen molar-refractivity contribution in [3.05, 3.63) is 78.1 Å². The van der Waals surface area contributed by atoms with Crippen LogP contribution in [-0.2, 0) is 26.2 Å². The highest BCUT2D eigenvalue weighted by Gasteiger charge is 2.31. The Morgan fingerprint density at radius 1 is 0.974 bits per heavy atom. The average molecular weight is 540 g/mol. The third-order valence-electron chi connectivity index (χ3n) is 7.20. The zero-order valence-electron chi connectivity index (χ0n) is 21.8. The SMILES string of the molecule is CC(C(=O)NC1CCCCC1)N(Cc1ccccc1F)C(=O)CN(C)S(=O)(=O)c1ccc2ccccc2c1. The molecule has 0 heterocycles. The van der Waals surface area contributed by atoms with E-state index in [1.165, 1.54) is 24.1 Å². The molecule has 202 valence electrons. The average Bonchev–Trinajstić information content (AvgIpc) is 2.92. The zero-order chi connectivity index (χ0) is 27.3. The lowest BCUT2D eigenvalue weighted by molar-refractivity contribution is -0.141. The third kappa shape index (κ3) is 6.39. The van der Waals surface area contributed by atoms with Crippen molar-refractivity contribution in [3.8, 4) is 0 Å². The summed E-state index contributed by atoms with van der Waals surface area (Å²) >= 11 is 0. The summed E-state index contributed by atoms with van der Waals surface area (Å²) in [6.07, 6.45) is 4.97. The quantitative estimate of drug-likeness (QED) is 0.435. The predicted octanol–water partition coefficient (Wildman–Crippen LogP) is 4.47. The van der Waals surface area contributed by atoms with E-state index in [1.807, 2.05) is 24.3 Å². The fourth-order valence-corrected chi connectivity index (χ4v) is 5.99. The Balaban J connectivity index is 1.54. The molecule has 0 aromatic heterocycles. The first-order valence-corrected chi connectivity index (χ1v) is 14.4. The van der Waals surface area contributed by atoms with Crippen LogP contribution >= 0.6 is 0 Å². The number of amides is 2. The Hall–Kier alpha value is -3.30. The second-order valence-electron chi connectivity index (χ2n) is 9.90. The third-order valence-corrected chi connectivity index (χ3v) is 9.00. The van der Waals surface area contributed by atoms with Crippen LogP contribution in [0.2, 0.25) is 0 Å². The van der Waals surface area contributed by atoms with E-state index in [2.05, 4.69) is 5.32 Å². The molecule has 1 atom stereocenters. The maximum absolute atomic E-state index is 14.5. The van der Waals surface area contributed by atoms with Gasteiger partial charge in [0.05, 0.1) is 11.4 Å². The van der Waals surface area contributed by atoms with Crippen LogP contribution in [0.3, 0.4) is 0 Å². The number of hydrogen-bond donors (Lipinski definition) is 1. The van der Waals surface area contributed by atoms with Gasteiger partial charge in [-0.05, 0) is 48.7 Å². The molecule has 1 saturated carbocycles. The largest absolute Gasteiger partial charge is 0.352 e. The van der Waals surface area contributed by atoms with Crippen LogP contribution in [-0.4, -0.2) is 55.1 Å². The van der Waals surface area contributed by atoms with Crippen molar-refractivity contribution in [1.82, 2.24) is 14.5 Å². The lowest BCUT2D eigenvalue weighted by atomic mass is 9.95. The summed E-state index contributed by atoms with van der Waals surface area (Å²) in [6, 6.07) is 17.4. The second-order valence-corrected chi connectivity index (χ2v) is 11.9. The Morgan fingerprint density at radius 2 is 1.63 bits per heavy atom. The molecular formula is C29H34FN3O4S. The van der Waals surface area contributed by atoms with E-state index in [0.29, 0.717) is 0 Å². The Bertz CT molecular complexity index is 1410. The summed E-state index contributed by atoms with van der Waals surface area (Å²) in [7, 11) is -2.67. The number of likely N-dealkylation sites (N-methyl/N-ethyl adjacent to an activating group) is 1. The van der Waals surface area contributed by atoms with Gasteiger partial charge in [-0.2, -0.15) is 4.31 Å². The highest BCUT2D eigenvalue weighted by atomic mass is 32.2. The lowest BCUT2D eigenvalue weighted by Crippen LogP contribution is -2.52. The van der Waals surface area contributed by atoms with Gasteiger partial charge in [0.1, 0.15) is 11.9 Å². The summed E-state index contributed by atoms with van der Waals surface area (Å²) in [5.74, 6) is -1.42. The van der Waals surface area contributed by atoms with Crippen LogP contribution in [0.1, 0.15) is 44.6 Å². The monoisotopic (exact) mass is 539 g/mol. The molecule has 1 fully saturated rings. The molecule has 0 spiro atoms. The Morgan fingerprint density at radius 3 is 2.34 bits per heavy atom. The summed E-state index contributed by atoms with van der Waals surface area (Å²) < 4.78 is 42.1. The maximum atomic E-state index is 14.5. The van der Waals surface area contributed by atoms with Gasteiger partial charge < -0.3 is 10.2 Å². The number of halogens is 1. The van der Waals surface area contributed by atoms with Crippen molar-refractivity contribution < 1.29 is 22.4 Å². The van der Waals surface area contributed by atoms with Gasteiger partial charge >= 0.3 is 0 Å². The van der Waals surface area contributed by atoms with Crippen LogP contribution in [0.25, 0.3) is 10.8 Å². The zero-order valence-corrected chi connectivity index (χ0v) is 22.6. The highest BCUT2D eigenvalue weighted by molar-refractivity contribution is 7.89. The molecule has 9 heteroatoms. The highest BCUT2D eigenvalue weighted by Crippen LogP contribution is 2.22. The van der Waals surface area contributed by atoms with E-state index in [9.17, 15) is 22.4 Å². The van der Waals surface area contributed by atoms with Crippen molar-refractivity contribution in [2.24, 2.45) is 0 Å². The maximum Gasteiger partial charge on any atom is 0.243 e. The second kappa shape index (κ2) is 12.0. The summed E-state index contributed by atoms with van der Waals surface area (Å²) in [4.78, 5) is 28.0. The molecule has 0 saturated heterocycles. The molecule has 1 aliphatic rings. The standard InChI is InChI=1S/C29H34FN3O4S/c1-21(29(35)31-25-13-4-3-5-14-25)33(19-24-12-8-9-15-27(24)30)28(34)20-32(2)38(36,37)26-17-16-22-10-6-7-11-23(22)18-26/h6-12,15-18,21,25H,3-5,13-14,19-20H2,1-2H3,(H,31,35). The number of rotatable bonds is 9. The number of fused-ring (bicyclic) bond motifs is 1. The van der Waals surface area contributed by atoms with Gasteiger partial charge in [-0.15, -0.1) is 0 Å². The van der Waals surface area contributed by atoms with Gasteiger partial charge in [-0.1, -0.05) is 67.8 Å². The normalized spacial score (nSPS) is 15.4. The topological polar surface area (TPSA) is 86.8 Å². The minimum Gasteiger partial charge on any atom is -0.352 e. The van der Waals surface area contributed by atoms with Crippen molar-refractivity contribution in [2.75, 3.05) is 13.6 Å². The molecular weight excluding hydrogens is 505 g/mol. The van der Waals surface area contributed by atoms with Crippen molar-refractivity contribution in [1.29, 1.82) is 0 Å². The van der Waals surface area contributed by atoms with Gasteiger partial charge in [0, 0.05) is 25.2 Å². The van der Waals surface area contributed by atoms with Gasteiger partial charge in [0.25, 0.3) is 0 Å². The molecule has 38 heavy (non-hydrogen) atoms. The van der Waals surface area contributed by atoms with Crippen molar-refractivity contribution >= 4 is 32.6 Å².